The number of rotatable bonds is 4. The normalized spacial score (nSPS) is 24.9. The maximum absolute atomic E-state index is 12.9. The second kappa shape index (κ2) is 4.75. The Morgan fingerprint density at radius 1 is 1.40 bits per heavy atom. The van der Waals surface area contributed by atoms with E-state index in [0.717, 1.165) is 24.4 Å². The Balaban J connectivity index is 1.69. The molecule has 1 nitrogen and oxygen atoms in total. The first-order chi connectivity index (χ1) is 7.24. The Labute approximate surface area is 90.7 Å². The molecule has 0 aliphatic heterocycles. The van der Waals surface area contributed by atoms with Gasteiger partial charge < -0.3 is 5.32 Å². The second-order valence-corrected chi connectivity index (χ2v) is 4.61. The third-order valence-corrected chi connectivity index (χ3v) is 3.11. The lowest BCUT2D eigenvalue weighted by Gasteiger charge is -2.33. The summed E-state index contributed by atoms with van der Waals surface area (Å²) in [5, 5.41) is 3.49. The molecule has 0 spiro atoms. The Bertz CT molecular complexity index is 318. The van der Waals surface area contributed by atoms with Crippen LogP contribution in [0.15, 0.2) is 24.3 Å². The van der Waals surface area contributed by atoms with E-state index in [4.69, 9.17) is 0 Å². The molecule has 0 heterocycles. The second-order valence-electron chi connectivity index (χ2n) is 4.61. The third kappa shape index (κ3) is 3.03. The van der Waals surface area contributed by atoms with E-state index in [2.05, 4.69) is 12.2 Å². The van der Waals surface area contributed by atoms with Crippen molar-refractivity contribution in [3.63, 3.8) is 0 Å². The summed E-state index contributed by atoms with van der Waals surface area (Å²) in [7, 11) is 0. The molecule has 1 N–H and O–H groups in total. The van der Waals surface area contributed by atoms with E-state index < -0.39 is 0 Å². The molecule has 1 aromatic carbocycles. The van der Waals surface area contributed by atoms with Gasteiger partial charge in [-0.25, -0.2) is 4.39 Å². The van der Waals surface area contributed by atoms with Gasteiger partial charge in [0.1, 0.15) is 5.82 Å². The first kappa shape index (κ1) is 10.6. The molecule has 15 heavy (non-hydrogen) atoms. The summed E-state index contributed by atoms with van der Waals surface area (Å²) in [4.78, 5) is 0. The first-order valence-electron chi connectivity index (χ1n) is 5.72. The molecule has 0 bridgehead atoms. The summed E-state index contributed by atoms with van der Waals surface area (Å²) in [6.45, 7) is 3.24. The Kier molecular flexibility index (Phi) is 3.37. The van der Waals surface area contributed by atoms with E-state index in [9.17, 15) is 4.39 Å². The van der Waals surface area contributed by atoms with Crippen molar-refractivity contribution in [3.05, 3.63) is 35.6 Å². The lowest BCUT2D eigenvalue weighted by Crippen LogP contribution is -2.40. The molecule has 82 valence electrons. The van der Waals surface area contributed by atoms with Gasteiger partial charge in [-0.3, -0.25) is 0 Å². The summed E-state index contributed by atoms with van der Waals surface area (Å²) < 4.78 is 12.9. The van der Waals surface area contributed by atoms with Crippen molar-refractivity contribution in [2.24, 2.45) is 5.92 Å². The molecule has 0 atom stereocenters. The molecule has 1 aliphatic carbocycles. The number of benzene rings is 1. The van der Waals surface area contributed by atoms with E-state index in [-0.39, 0.29) is 5.82 Å². The summed E-state index contributed by atoms with van der Waals surface area (Å²) in [6.07, 6.45) is 3.51. The molecule has 0 saturated heterocycles. The van der Waals surface area contributed by atoms with Crippen LogP contribution in [0.1, 0.15) is 25.3 Å². The lowest BCUT2D eigenvalue weighted by atomic mass is 9.82. The number of nitrogens with one attached hydrogen (secondary N) is 1. The minimum atomic E-state index is -0.134. The van der Waals surface area contributed by atoms with Gasteiger partial charge in [0.05, 0.1) is 0 Å². The summed E-state index contributed by atoms with van der Waals surface area (Å²) >= 11 is 0. The highest BCUT2D eigenvalue weighted by molar-refractivity contribution is 5.16. The molecule has 0 aromatic heterocycles. The fraction of sp³-hybridized carbons (Fsp3) is 0.538. The Morgan fingerprint density at radius 2 is 2.20 bits per heavy atom. The Morgan fingerprint density at radius 3 is 2.87 bits per heavy atom. The standard InChI is InChI=1S/C13H18FN/c1-10-7-13(8-10)15-6-5-11-3-2-4-12(14)9-11/h2-4,9-10,13,15H,5-8H2,1H3. The van der Waals surface area contributed by atoms with Crippen LogP contribution in [-0.4, -0.2) is 12.6 Å². The van der Waals surface area contributed by atoms with E-state index in [1.165, 1.54) is 18.9 Å². The molecule has 2 rings (SSSR count). The number of hydrogen-bond donors (Lipinski definition) is 1. The highest BCUT2D eigenvalue weighted by Gasteiger charge is 2.23. The zero-order chi connectivity index (χ0) is 10.7. The van der Waals surface area contributed by atoms with Gasteiger partial charge in [0.25, 0.3) is 0 Å². The highest BCUT2D eigenvalue weighted by atomic mass is 19.1. The van der Waals surface area contributed by atoms with Crippen LogP contribution in [0.5, 0.6) is 0 Å². The van der Waals surface area contributed by atoms with Crippen LogP contribution in [-0.2, 0) is 6.42 Å². The smallest absolute Gasteiger partial charge is 0.123 e. The van der Waals surface area contributed by atoms with Gasteiger partial charge >= 0.3 is 0 Å². The molecule has 1 aliphatic rings. The maximum Gasteiger partial charge on any atom is 0.123 e. The monoisotopic (exact) mass is 207 g/mol. The van der Waals surface area contributed by atoms with Gasteiger partial charge in [0.15, 0.2) is 0 Å². The SMILES string of the molecule is CC1CC(NCCc2cccc(F)c2)C1. The van der Waals surface area contributed by atoms with Crippen molar-refractivity contribution in [3.8, 4) is 0 Å². The van der Waals surface area contributed by atoms with Crippen LogP contribution in [0.25, 0.3) is 0 Å². The molecule has 1 fully saturated rings. The molecule has 0 amide bonds. The molecule has 1 saturated carbocycles. The molecular formula is C13H18FN. The fourth-order valence-corrected chi connectivity index (χ4v) is 2.18. The predicted molar refractivity (Wildman–Crippen MR) is 60.3 cm³/mol. The molecular weight excluding hydrogens is 189 g/mol. The van der Waals surface area contributed by atoms with Crippen molar-refractivity contribution >= 4 is 0 Å². The summed E-state index contributed by atoms with van der Waals surface area (Å²) in [6, 6.07) is 7.56. The van der Waals surface area contributed by atoms with Crippen LogP contribution >= 0.6 is 0 Å². The van der Waals surface area contributed by atoms with E-state index in [1.54, 1.807) is 12.1 Å². The van der Waals surface area contributed by atoms with Crippen molar-refractivity contribution < 1.29 is 4.39 Å². The Hall–Kier alpha value is -0.890. The average molecular weight is 207 g/mol. The number of halogens is 1. The van der Waals surface area contributed by atoms with Crippen molar-refractivity contribution in [2.45, 2.75) is 32.2 Å². The van der Waals surface area contributed by atoms with Crippen molar-refractivity contribution in [1.29, 1.82) is 0 Å². The highest BCUT2D eigenvalue weighted by Crippen LogP contribution is 2.25. The molecule has 0 radical (unpaired) electrons. The van der Waals surface area contributed by atoms with E-state index in [0.29, 0.717) is 6.04 Å². The van der Waals surface area contributed by atoms with Crippen LogP contribution in [0, 0.1) is 11.7 Å². The largest absolute Gasteiger partial charge is 0.314 e. The minimum absolute atomic E-state index is 0.134. The van der Waals surface area contributed by atoms with Gasteiger partial charge in [-0.2, -0.15) is 0 Å². The topological polar surface area (TPSA) is 12.0 Å². The van der Waals surface area contributed by atoms with Gasteiger partial charge in [0.2, 0.25) is 0 Å². The quantitative estimate of drug-likeness (QED) is 0.800. The fourth-order valence-electron chi connectivity index (χ4n) is 2.18. The lowest BCUT2D eigenvalue weighted by molar-refractivity contribution is 0.243. The van der Waals surface area contributed by atoms with Crippen LogP contribution < -0.4 is 5.32 Å². The molecule has 1 aromatic rings. The van der Waals surface area contributed by atoms with Gasteiger partial charge in [0, 0.05) is 6.04 Å². The van der Waals surface area contributed by atoms with E-state index in [1.807, 2.05) is 6.07 Å². The molecule has 2 heteroatoms. The van der Waals surface area contributed by atoms with Gasteiger partial charge in [-0.1, -0.05) is 19.1 Å². The van der Waals surface area contributed by atoms with Gasteiger partial charge in [-0.05, 0) is 49.4 Å². The zero-order valence-electron chi connectivity index (χ0n) is 9.17. The first-order valence-corrected chi connectivity index (χ1v) is 5.72. The zero-order valence-corrected chi connectivity index (χ0v) is 9.17. The number of hydrogen-bond acceptors (Lipinski definition) is 1. The molecule has 0 unspecified atom stereocenters. The summed E-state index contributed by atoms with van der Waals surface area (Å²) in [5.74, 6) is 0.751. The van der Waals surface area contributed by atoms with E-state index >= 15 is 0 Å². The third-order valence-electron chi connectivity index (χ3n) is 3.11. The maximum atomic E-state index is 12.9. The predicted octanol–water partition coefficient (Wildman–Crippen LogP) is 2.76. The van der Waals surface area contributed by atoms with Crippen molar-refractivity contribution in [2.75, 3.05) is 6.54 Å². The van der Waals surface area contributed by atoms with Gasteiger partial charge in [-0.15, -0.1) is 0 Å². The van der Waals surface area contributed by atoms with Crippen LogP contribution in [0.3, 0.4) is 0 Å². The van der Waals surface area contributed by atoms with Crippen LogP contribution in [0.4, 0.5) is 4.39 Å². The van der Waals surface area contributed by atoms with Crippen molar-refractivity contribution in [1.82, 2.24) is 5.32 Å². The van der Waals surface area contributed by atoms with Crippen LogP contribution in [0.2, 0.25) is 0 Å². The summed E-state index contributed by atoms with van der Waals surface area (Å²) in [5.41, 5.74) is 1.08. The average Bonchev–Trinajstić information content (AvgIpc) is 2.15. The minimum Gasteiger partial charge on any atom is -0.314 e.